The Kier molecular flexibility index (Phi) is 4.42. The lowest BCUT2D eigenvalue weighted by atomic mass is 10.2. The summed E-state index contributed by atoms with van der Waals surface area (Å²) in [6.45, 7) is 0.145. The number of hydrogen-bond donors (Lipinski definition) is 1. The third-order valence-electron chi connectivity index (χ3n) is 2.28. The number of nitrogens with zero attached hydrogens (tertiary/aromatic N) is 1. The van der Waals surface area contributed by atoms with Crippen LogP contribution in [0.3, 0.4) is 0 Å². The number of methoxy groups -OCH3 is 1. The van der Waals surface area contributed by atoms with E-state index in [1.54, 1.807) is 18.2 Å². The van der Waals surface area contributed by atoms with Gasteiger partial charge in [0.1, 0.15) is 9.88 Å². The largest absolute Gasteiger partial charge is 0.477 e. The van der Waals surface area contributed by atoms with Crippen LogP contribution in [0.25, 0.3) is 10.6 Å². The summed E-state index contributed by atoms with van der Waals surface area (Å²) in [5.74, 6) is -1.02. The number of benzene rings is 1. The van der Waals surface area contributed by atoms with Crippen molar-refractivity contribution >= 4 is 40.5 Å². The predicted octanol–water partition coefficient (Wildman–Crippen LogP) is 3.96. The zero-order valence-corrected chi connectivity index (χ0v) is 12.1. The minimum absolute atomic E-state index is 0.145. The molecule has 0 amide bonds. The van der Waals surface area contributed by atoms with E-state index in [1.165, 1.54) is 7.11 Å². The number of ether oxygens (including phenoxy) is 1. The summed E-state index contributed by atoms with van der Waals surface area (Å²) in [7, 11) is 1.49. The van der Waals surface area contributed by atoms with Crippen LogP contribution in [0.2, 0.25) is 10.0 Å². The summed E-state index contributed by atoms with van der Waals surface area (Å²) >= 11 is 12.9. The van der Waals surface area contributed by atoms with Crippen molar-refractivity contribution in [2.45, 2.75) is 6.61 Å². The van der Waals surface area contributed by atoms with E-state index in [0.29, 0.717) is 26.3 Å². The average Bonchev–Trinajstić information content (AvgIpc) is 2.72. The van der Waals surface area contributed by atoms with Gasteiger partial charge < -0.3 is 9.84 Å². The van der Waals surface area contributed by atoms with Gasteiger partial charge in [0, 0.05) is 22.7 Å². The molecule has 0 aliphatic rings. The molecular weight excluding hydrogens is 309 g/mol. The number of carbonyl (C=O) groups is 1. The summed E-state index contributed by atoms with van der Waals surface area (Å²) in [4.78, 5) is 15.6. The van der Waals surface area contributed by atoms with Crippen molar-refractivity contribution in [3.05, 3.63) is 38.8 Å². The molecule has 0 aliphatic heterocycles. The Morgan fingerprint density at radius 2 is 2.00 bits per heavy atom. The van der Waals surface area contributed by atoms with E-state index in [9.17, 15) is 4.79 Å². The maximum absolute atomic E-state index is 11.1. The Hall–Kier alpha value is -1.14. The van der Waals surface area contributed by atoms with Crippen LogP contribution < -0.4 is 0 Å². The molecule has 100 valence electrons. The van der Waals surface area contributed by atoms with Gasteiger partial charge in [-0.3, -0.25) is 0 Å². The first kappa shape index (κ1) is 14.3. The molecule has 0 aliphatic carbocycles. The molecule has 0 radical (unpaired) electrons. The monoisotopic (exact) mass is 317 g/mol. The highest BCUT2D eigenvalue weighted by Crippen LogP contribution is 2.32. The van der Waals surface area contributed by atoms with Crippen LogP contribution in [-0.4, -0.2) is 23.2 Å². The average molecular weight is 318 g/mol. The normalized spacial score (nSPS) is 10.7. The lowest BCUT2D eigenvalue weighted by Crippen LogP contribution is -1.99. The van der Waals surface area contributed by atoms with Crippen LogP contribution in [0.4, 0.5) is 0 Å². The van der Waals surface area contributed by atoms with Crippen molar-refractivity contribution in [3.63, 3.8) is 0 Å². The second-order valence-electron chi connectivity index (χ2n) is 3.69. The van der Waals surface area contributed by atoms with Gasteiger partial charge in [0.05, 0.1) is 12.3 Å². The number of aromatic nitrogens is 1. The Morgan fingerprint density at radius 1 is 1.37 bits per heavy atom. The number of carboxylic acids is 1. The molecule has 0 fully saturated rings. The van der Waals surface area contributed by atoms with E-state index >= 15 is 0 Å². The van der Waals surface area contributed by atoms with E-state index in [4.69, 9.17) is 33.0 Å². The smallest absolute Gasteiger partial charge is 0.347 e. The summed E-state index contributed by atoms with van der Waals surface area (Å²) in [6, 6.07) is 4.98. The lowest BCUT2D eigenvalue weighted by molar-refractivity contribution is 0.0697. The second-order valence-corrected chi connectivity index (χ2v) is 5.56. The number of thiazole rings is 1. The second kappa shape index (κ2) is 5.88. The van der Waals surface area contributed by atoms with Crippen LogP contribution in [0, 0.1) is 0 Å². The minimum Gasteiger partial charge on any atom is -0.477 e. The van der Waals surface area contributed by atoms with Gasteiger partial charge in [-0.25, -0.2) is 9.78 Å². The third-order valence-corrected chi connectivity index (χ3v) is 3.85. The molecule has 1 heterocycles. The van der Waals surface area contributed by atoms with Crippen LogP contribution in [0.1, 0.15) is 15.4 Å². The predicted molar refractivity (Wildman–Crippen MR) is 75.2 cm³/mol. The van der Waals surface area contributed by atoms with Gasteiger partial charge in [-0.05, 0) is 18.2 Å². The molecule has 2 rings (SSSR count). The van der Waals surface area contributed by atoms with Gasteiger partial charge in [0.15, 0.2) is 0 Å². The number of hydrogen-bond acceptors (Lipinski definition) is 4. The Morgan fingerprint density at radius 3 is 2.53 bits per heavy atom. The van der Waals surface area contributed by atoms with Gasteiger partial charge in [-0.2, -0.15) is 0 Å². The fourth-order valence-corrected chi connectivity index (χ4v) is 2.97. The number of carboxylic acid groups (broad SMARTS) is 1. The zero-order valence-electron chi connectivity index (χ0n) is 9.81. The maximum Gasteiger partial charge on any atom is 0.347 e. The highest BCUT2D eigenvalue weighted by atomic mass is 35.5. The lowest BCUT2D eigenvalue weighted by Gasteiger charge is -1.98. The molecule has 1 aromatic carbocycles. The SMILES string of the molecule is COCc1nc(-c2cc(Cl)cc(Cl)c2)sc1C(=O)O. The molecule has 1 aromatic heterocycles. The van der Waals surface area contributed by atoms with E-state index in [-0.39, 0.29) is 11.5 Å². The van der Waals surface area contributed by atoms with Crippen molar-refractivity contribution in [1.29, 1.82) is 0 Å². The topological polar surface area (TPSA) is 59.4 Å². The van der Waals surface area contributed by atoms with Crippen LogP contribution in [-0.2, 0) is 11.3 Å². The molecular formula is C12H9Cl2NO3S. The summed E-state index contributed by atoms with van der Waals surface area (Å²) < 4.78 is 4.94. The molecule has 1 N–H and O–H groups in total. The fourth-order valence-electron chi connectivity index (χ4n) is 1.55. The molecule has 0 bridgehead atoms. The molecule has 2 aromatic rings. The first-order valence-corrected chi connectivity index (χ1v) is 6.77. The van der Waals surface area contributed by atoms with Crippen molar-refractivity contribution in [2.24, 2.45) is 0 Å². The zero-order chi connectivity index (χ0) is 14.0. The summed E-state index contributed by atoms with van der Waals surface area (Å²) in [5, 5.41) is 10.6. The minimum atomic E-state index is -1.02. The molecule has 19 heavy (non-hydrogen) atoms. The van der Waals surface area contributed by atoms with Crippen molar-refractivity contribution in [2.75, 3.05) is 7.11 Å². The van der Waals surface area contributed by atoms with Gasteiger partial charge >= 0.3 is 5.97 Å². The maximum atomic E-state index is 11.1. The molecule has 4 nitrogen and oxygen atoms in total. The molecule has 0 unspecified atom stereocenters. The van der Waals surface area contributed by atoms with Crippen LogP contribution >= 0.6 is 34.5 Å². The van der Waals surface area contributed by atoms with Crippen molar-refractivity contribution in [3.8, 4) is 10.6 Å². The molecule has 0 saturated heterocycles. The first-order valence-electron chi connectivity index (χ1n) is 5.19. The van der Waals surface area contributed by atoms with Crippen molar-refractivity contribution in [1.82, 2.24) is 4.98 Å². The molecule has 0 atom stereocenters. The highest BCUT2D eigenvalue weighted by molar-refractivity contribution is 7.17. The van der Waals surface area contributed by atoms with Gasteiger partial charge in [0.2, 0.25) is 0 Å². The van der Waals surface area contributed by atoms with E-state index in [1.807, 2.05) is 0 Å². The fraction of sp³-hybridized carbons (Fsp3) is 0.167. The molecule has 7 heteroatoms. The van der Waals surface area contributed by atoms with E-state index < -0.39 is 5.97 Å². The molecule has 0 saturated carbocycles. The molecule has 0 spiro atoms. The number of rotatable bonds is 4. The van der Waals surface area contributed by atoms with Crippen LogP contribution in [0.5, 0.6) is 0 Å². The van der Waals surface area contributed by atoms with Crippen LogP contribution in [0.15, 0.2) is 18.2 Å². The van der Waals surface area contributed by atoms with Crippen molar-refractivity contribution < 1.29 is 14.6 Å². The number of halogens is 2. The quantitative estimate of drug-likeness (QED) is 0.927. The van der Waals surface area contributed by atoms with E-state index in [2.05, 4.69) is 4.98 Å². The Balaban J connectivity index is 2.50. The number of aromatic carboxylic acids is 1. The van der Waals surface area contributed by atoms with Gasteiger partial charge in [0.25, 0.3) is 0 Å². The first-order chi connectivity index (χ1) is 9.01. The Labute approximate surface area is 123 Å². The van der Waals surface area contributed by atoms with Gasteiger partial charge in [-0.15, -0.1) is 11.3 Å². The Bertz CT molecular complexity index is 607. The summed E-state index contributed by atoms with van der Waals surface area (Å²) in [5.41, 5.74) is 1.08. The highest BCUT2D eigenvalue weighted by Gasteiger charge is 2.18. The standard InChI is InChI=1S/C12H9Cl2NO3S/c1-18-5-9-10(12(16)17)19-11(15-9)6-2-7(13)4-8(14)3-6/h2-4H,5H2,1H3,(H,16,17). The third kappa shape index (κ3) is 3.25. The van der Waals surface area contributed by atoms with Gasteiger partial charge in [-0.1, -0.05) is 23.2 Å². The van der Waals surface area contributed by atoms with E-state index in [0.717, 1.165) is 11.3 Å². The summed E-state index contributed by atoms with van der Waals surface area (Å²) in [6.07, 6.45) is 0.